The van der Waals surface area contributed by atoms with Crippen molar-refractivity contribution >= 4 is 39.1 Å². The van der Waals surface area contributed by atoms with Crippen LogP contribution in [0.3, 0.4) is 0 Å². The van der Waals surface area contributed by atoms with E-state index in [0.29, 0.717) is 45.1 Å². The number of rotatable bonds is 7. The summed E-state index contributed by atoms with van der Waals surface area (Å²) in [6.07, 6.45) is 0. The van der Waals surface area contributed by atoms with E-state index in [0.717, 1.165) is 5.56 Å². The molecule has 1 fully saturated rings. The Morgan fingerprint density at radius 3 is 2.33 bits per heavy atom. The van der Waals surface area contributed by atoms with Crippen LogP contribution in [0, 0.1) is 6.92 Å². The maximum atomic E-state index is 13.4. The second-order valence-electron chi connectivity index (χ2n) is 8.20. The molecule has 7 nitrogen and oxygen atoms in total. The fourth-order valence-electron chi connectivity index (χ4n) is 4.29. The van der Waals surface area contributed by atoms with Gasteiger partial charge < -0.3 is 19.3 Å². The van der Waals surface area contributed by atoms with Crippen molar-refractivity contribution in [3.63, 3.8) is 0 Å². The lowest BCUT2D eigenvalue weighted by Crippen LogP contribution is -2.29. The molecule has 1 unspecified atom stereocenters. The highest BCUT2D eigenvalue weighted by atomic mass is 79.9. The summed E-state index contributed by atoms with van der Waals surface area (Å²) in [5, 5.41) is 11.4. The number of aryl methyl sites for hydroxylation is 1. The summed E-state index contributed by atoms with van der Waals surface area (Å²) in [6, 6.07) is 16.6. The highest BCUT2D eigenvalue weighted by molar-refractivity contribution is 9.10. The molecule has 4 rings (SSSR count). The summed E-state index contributed by atoms with van der Waals surface area (Å²) in [5.41, 5.74) is 2.41. The van der Waals surface area contributed by atoms with Crippen molar-refractivity contribution in [3.8, 4) is 17.2 Å². The van der Waals surface area contributed by atoms with Gasteiger partial charge in [-0.2, -0.15) is 0 Å². The summed E-state index contributed by atoms with van der Waals surface area (Å²) < 4.78 is 17.0. The highest BCUT2D eigenvalue weighted by Gasteiger charge is 2.47. The van der Waals surface area contributed by atoms with Crippen LogP contribution in [0.5, 0.6) is 17.2 Å². The van der Waals surface area contributed by atoms with Crippen LogP contribution in [-0.4, -0.2) is 37.6 Å². The number of ether oxygens (including phenoxy) is 3. The Bertz CT molecular complexity index is 1370. The van der Waals surface area contributed by atoms with Gasteiger partial charge in [0.1, 0.15) is 11.5 Å². The molecule has 0 radical (unpaired) electrons. The van der Waals surface area contributed by atoms with Crippen molar-refractivity contribution in [1.29, 1.82) is 0 Å². The number of ketones is 1. The van der Waals surface area contributed by atoms with E-state index >= 15 is 0 Å². The standard InChI is InChI=1S/C28H26BrNO6/c1-5-36-22-12-9-17(15-23(22)35-4)25-24(26(31)18-10-11-21(34-3)20(29)14-18)27(32)28(33)30(25)19-8-6-7-16(2)13-19/h6-15,25,31H,5H2,1-4H3/b26-24-. The van der Waals surface area contributed by atoms with Gasteiger partial charge in [-0.25, -0.2) is 0 Å². The molecular formula is C28H26BrNO6. The molecule has 0 spiro atoms. The Morgan fingerprint density at radius 2 is 1.69 bits per heavy atom. The van der Waals surface area contributed by atoms with E-state index in [-0.39, 0.29) is 11.3 Å². The van der Waals surface area contributed by atoms with E-state index in [1.165, 1.54) is 19.1 Å². The number of halogens is 1. The number of Topliss-reactive ketones (excluding diaryl/α,β-unsaturated/α-hetero) is 1. The molecule has 1 atom stereocenters. The Morgan fingerprint density at radius 1 is 0.972 bits per heavy atom. The largest absolute Gasteiger partial charge is 0.507 e. The van der Waals surface area contributed by atoms with E-state index in [9.17, 15) is 14.7 Å². The lowest BCUT2D eigenvalue weighted by Gasteiger charge is -2.26. The summed E-state index contributed by atoms with van der Waals surface area (Å²) in [4.78, 5) is 28.2. The minimum Gasteiger partial charge on any atom is -0.507 e. The number of benzene rings is 3. The molecule has 1 aliphatic heterocycles. The molecule has 0 aromatic heterocycles. The topological polar surface area (TPSA) is 85.3 Å². The summed E-state index contributed by atoms with van der Waals surface area (Å²) in [5.74, 6) is -0.234. The van der Waals surface area contributed by atoms with Crippen LogP contribution >= 0.6 is 15.9 Å². The molecule has 3 aromatic carbocycles. The molecule has 186 valence electrons. The lowest BCUT2D eigenvalue weighted by molar-refractivity contribution is -0.132. The van der Waals surface area contributed by atoms with Gasteiger partial charge in [0.05, 0.1) is 36.9 Å². The maximum Gasteiger partial charge on any atom is 0.300 e. The van der Waals surface area contributed by atoms with Crippen LogP contribution in [0.25, 0.3) is 5.76 Å². The van der Waals surface area contributed by atoms with E-state index in [1.54, 1.807) is 42.5 Å². The molecule has 0 aliphatic carbocycles. The van der Waals surface area contributed by atoms with Crippen molar-refractivity contribution in [2.75, 3.05) is 25.7 Å². The molecule has 3 aromatic rings. The van der Waals surface area contributed by atoms with Crippen LogP contribution in [0.4, 0.5) is 5.69 Å². The number of anilines is 1. The molecule has 1 heterocycles. The highest BCUT2D eigenvalue weighted by Crippen LogP contribution is 2.44. The van der Waals surface area contributed by atoms with E-state index in [1.807, 2.05) is 32.0 Å². The second kappa shape index (κ2) is 10.5. The zero-order valence-electron chi connectivity index (χ0n) is 20.4. The third-order valence-electron chi connectivity index (χ3n) is 5.95. The van der Waals surface area contributed by atoms with E-state index in [4.69, 9.17) is 14.2 Å². The third-order valence-corrected chi connectivity index (χ3v) is 6.57. The summed E-state index contributed by atoms with van der Waals surface area (Å²) in [6.45, 7) is 4.22. The van der Waals surface area contributed by atoms with Crippen LogP contribution < -0.4 is 19.1 Å². The number of carbonyl (C=O) groups excluding carboxylic acids is 2. The fourth-order valence-corrected chi connectivity index (χ4v) is 4.83. The molecule has 0 bridgehead atoms. The van der Waals surface area contributed by atoms with Crippen LogP contribution in [0.1, 0.15) is 29.7 Å². The van der Waals surface area contributed by atoms with Crippen molar-refractivity contribution in [3.05, 3.63) is 87.4 Å². The van der Waals surface area contributed by atoms with Gasteiger partial charge in [0.25, 0.3) is 11.7 Å². The first-order valence-corrected chi connectivity index (χ1v) is 12.1. The van der Waals surface area contributed by atoms with E-state index < -0.39 is 17.7 Å². The molecule has 1 N–H and O–H groups in total. The van der Waals surface area contributed by atoms with Gasteiger partial charge in [-0.1, -0.05) is 18.2 Å². The minimum absolute atomic E-state index is 0.0233. The van der Waals surface area contributed by atoms with Gasteiger partial charge in [0.2, 0.25) is 0 Å². The minimum atomic E-state index is -0.891. The monoisotopic (exact) mass is 551 g/mol. The summed E-state index contributed by atoms with van der Waals surface area (Å²) in [7, 11) is 3.06. The fraction of sp³-hybridized carbons (Fsp3) is 0.214. The molecule has 36 heavy (non-hydrogen) atoms. The Kier molecular flexibility index (Phi) is 7.35. The smallest absolute Gasteiger partial charge is 0.300 e. The zero-order chi connectivity index (χ0) is 26.0. The summed E-state index contributed by atoms with van der Waals surface area (Å²) >= 11 is 3.42. The van der Waals surface area contributed by atoms with Crippen LogP contribution in [-0.2, 0) is 9.59 Å². The predicted molar refractivity (Wildman–Crippen MR) is 141 cm³/mol. The van der Waals surface area contributed by atoms with Crippen LogP contribution in [0.15, 0.2) is 70.7 Å². The molecule has 8 heteroatoms. The number of carbonyl (C=O) groups is 2. The van der Waals surface area contributed by atoms with Crippen molar-refractivity contribution in [2.24, 2.45) is 0 Å². The number of hydrogen-bond donors (Lipinski definition) is 1. The first-order valence-electron chi connectivity index (χ1n) is 11.3. The SMILES string of the molecule is CCOc1ccc(C2/C(=C(/O)c3ccc(OC)c(Br)c3)C(=O)C(=O)N2c2cccc(C)c2)cc1OC. The first-order chi connectivity index (χ1) is 17.3. The first kappa shape index (κ1) is 25.3. The third kappa shape index (κ3) is 4.56. The average molecular weight is 552 g/mol. The number of nitrogens with zero attached hydrogens (tertiary/aromatic N) is 1. The number of aliphatic hydroxyl groups excluding tert-OH is 1. The van der Waals surface area contributed by atoms with Crippen molar-refractivity contribution in [2.45, 2.75) is 19.9 Å². The van der Waals surface area contributed by atoms with Crippen molar-refractivity contribution in [1.82, 2.24) is 0 Å². The zero-order valence-corrected chi connectivity index (χ0v) is 22.0. The van der Waals surface area contributed by atoms with Crippen molar-refractivity contribution < 1.29 is 28.9 Å². The molecular weight excluding hydrogens is 526 g/mol. The van der Waals surface area contributed by atoms with Gasteiger partial charge in [-0.3, -0.25) is 14.5 Å². The molecule has 1 saturated heterocycles. The maximum absolute atomic E-state index is 13.4. The molecule has 1 aliphatic rings. The van der Waals surface area contributed by atoms with Gasteiger partial charge in [-0.05, 0) is 83.4 Å². The quantitative estimate of drug-likeness (QED) is 0.227. The van der Waals surface area contributed by atoms with Gasteiger partial charge in [0.15, 0.2) is 11.5 Å². The molecule has 1 amide bonds. The number of aliphatic hydroxyl groups is 1. The average Bonchev–Trinajstić information content (AvgIpc) is 3.14. The normalized spacial score (nSPS) is 16.8. The number of amides is 1. The number of hydrogen-bond acceptors (Lipinski definition) is 6. The lowest BCUT2D eigenvalue weighted by atomic mass is 9.94. The molecule has 0 saturated carbocycles. The van der Waals surface area contributed by atoms with Gasteiger partial charge in [0, 0.05) is 11.3 Å². The van der Waals surface area contributed by atoms with E-state index in [2.05, 4.69) is 15.9 Å². The number of methoxy groups -OCH3 is 2. The Labute approximate surface area is 218 Å². The second-order valence-corrected chi connectivity index (χ2v) is 9.06. The van der Waals surface area contributed by atoms with Gasteiger partial charge in [-0.15, -0.1) is 0 Å². The predicted octanol–water partition coefficient (Wildman–Crippen LogP) is 5.80. The van der Waals surface area contributed by atoms with Crippen LogP contribution in [0.2, 0.25) is 0 Å². The Balaban J connectivity index is 1.96. The van der Waals surface area contributed by atoms with Gasteiger partial charge >= 0.3 is 0 Å². The Hall–Kier alpha value is -3.78.